The lowest BCUT2D eigenvalue weighted by Gasteiger charge is -2.31. The predicted octanol–water partition coefficient (Wildman–Crippen LogP) is 11.4. The van der Waals surface area contributed by atoms with Crippen molar-refractivity contribution in [3.63, 3.8) is 0 Å². The highest BCUT2D eigenvalue weighted by molar-refractivity contribution is 5.88. The van der Waals surface area contributed by atoms with Crippen molar-refractivity contribution in [3.05, 3.63) is 193 Å². The SMILES string of the molecule is CC(C)(c1cc(N(c2ccccc2)c2ccccc2)cc(C(=O)O)n1)c1cc(N(c2ccccc2)c2ccccc2)cc(-c2ccc(F)cc2F)n1. The zero-order valence-corrected chi connectivity index (χ0v) is 28.5. The number of nitrogens with zero attached hydrogens (tertiary/aromatic N) is 4. The summed E-state index contributed by atoms with van der Waals surface area (Å²) in [5, 5.41) is 10.3. The lowest BCUT2D eigenvalue weighted by atomic mass is 9.83. The van der Waals surface area contributed by atoms with Gasteiger partial charge in [-0.15, -0.1) is 0 Å². The van der Waals surface area contributed by atoms with Crippen molar-refractivity contribution in [1.29, 1.82) is 0 Å². The van der Waals surface area contributed by atoms with E-state index in [1.165, 1.54) is 12.1 Å². The molecule has 0 saturated heterocycles. The first-order valence-electron chi connectivity index (χ1n) is 16.7. The minimum Gasteiger partial charge on any atom is -0.477 e. The van der Waals surface area contributed by atoms with E-state index in [-0.39, 0.29) is 17.0 Å². The Bertz CT molecular complexity index is 2260. The highest BCUT2D eigenvalue weighted by Gasteiger charge is 2.31. The Morgan fingerprint density at radius 1 is 0.538 bits per heavy atom. The molecule has 8 heteroatoms. The van der Waals surface area contributed by atoms with Gasteiger partial charge in [-0.3, -0.25) is 4.98 Å². The molecule has 52 heavy (non-hydrogen) atoms. The number of halogens is 2. The van der Waals surface area contributed by atoms with Crippen LogP contribution in [0.5, 0.6) is 0 Å². The van der Waals surface area contributed by atoms with E-state index < -0.39 is 23.0 Å². The summed E-state index contributed by atoms with van der Waals surface area (Å²) in [4.78, 5) is 26.3. The van der Waals surface area contributed by atoms with Crippen molar-refractivity contribution in [2.45, 2.75) is 19.3 Å². The third-order valence-corrected chi connectivity index (χ3v) is 8.90. The summed E-state index contributed by atoms with van der Waals surface area (Å²) in [6.07, 6.45) is 0. The third kappa shape index (κ3) is 6.87. The molecule has 7 rings (SSSR count). The van der Waals surface area contributed by atoms with Gasteiger partial charge >= 0.3 is 5.97 Å². The van der Waals surface area contributed by atoms with Crippen molar-refractivity contribution >= 4 is 40.1 Å². The minimum absolute atomic E-state index is 0.119. The molecule has 0 aliphatic heterocycles. The van der Waals surface area contributed by atoms with Gasteiger partial charge in [-0.2, -0.15) is 0 Å². The first-order chi connectivity index (χ1) is 25.2. The molecule has 0 aliphatic rings. The number of carbonyl (C=O) groups is 1. The fourth-order valence-electron chi connectivity index (χ4n) is 6.21. The molecule has 0 atom stereocenters. The maximum absolute atomic E-state index is 15.5. The average molecular weight is 689 g/mol. The van der Waals surface area contributed by atoms with E-state index >= 15 is 4.39 Å². The smallest absolute Gasteiger partial charge is 0.354 e. The monoisotopic (exact) mass is 688 g/mol. The maximum atomic E-state index is 15.5. The van der Waals surface area contributed by atoms with Crippen molar-refractivity contribution in [3.8, 4) is 11.3 Å². The van der Waals surface area contributed by atoms with Crippen LogP contribution in [0.3, 0.4) is 0 Å². The molecule has 0 fully saturated rings. The fraction of sp³-hybridized carbons (Fsp3) is 0.0682. The molecule has 0 spiro atoms. The van der Waals surface area contributed by atoms with E-state index in [0.717, 1.165) is 28.8 Å². The van der Waals surface area contributed by atoms with Crippen molar-refractivity contribution in [2.24, 2.45) is 0 Å². The molecule has 0 amide bonds. The number of pyridine rings is 2. The van der Waals surface area contributed by atoms with E-state index in [4.69, 9.17) is 4.98 Å². The lowest BCUT2D eigenvalue weighted by molar-refractivity contribution is 0.0690. The molecule has 1 N–H and O–H groups in total. The molecular weight excluding hydrogens is 655 g/mol. The summed E-state index contributed by atoms with van der Waals surface area (Å²) in [6.45, 7) is 3.82. The van der Waals surface area contributed by atoms with Crippen LogP contribution in [-0.4, -0.2) is 21.0 Å². The van der Waals surface area contributed by atoms with Gasteiger partial charge in [0.25, 0.3) is 0 Å². The molecule has 0 aliphatic carbocycles. The van der Waals surface area contributed by atoms with E-state index in [1.807, 2.05) is 157 Å². The number of aromatic carboxylic acids is 1. The highest BCUT2D eigenvalue weighted by atomic mass is 19.1. The number of para-hydroxylation sites is 4. The molecule has 2 aromatic heterocycles. The van der Waals surface area contributed by atoms with Gasteiger partial charge in [0.15, 0.2) is 5.69 Å². The fourth-order valence-corrected chi connectivity index (χ4v) is 6.21. The van der Waals surface area contributed by atoms with E-state index in [2.05, 4.69) is 4.98 Å². The van der Waals surface area contributed by atoms with E-state index in [0.29, 0.717) is 22.8 Å². The van der Waals surface area contributed by atoms with Gasteiger partial charge in [0, 0.05) is 39.8 Å². The van der Waals surface area contributed by atoms with Crippen LogP contribution in [-0.2, 0) is 5.41 Å². The second-order valence-electron chi connectivity index (χ2n) is 12.8. The second kappa shape index (κ2) is 14.3. The van der Waals surface area contributed by atoms with Crippen LogP contribution in [0.15, 0.2) is 164 Å². The van der Waals surface area contributed by atoms with Gasteiger partial charge in [-0.05, 0) is 98.8 Å². The highest BCUT2D eigenvalue weighted by Crippen LogP contribution is 2.42. The van der Waals surface area contributed by atoms with E-state index in [9.17, 15) is 14.3 Å². The summed E-state index contributed by atoms with van der Waals surface area (Å²) in [5.41, 5.74) is 4.76. The van der Waals surface area contributed by atoms with Crippen LogP contribution in [0.1, 0.15) is 35.7 Å². The lowest BCUT2D eigenvalue weighted by Crippen LogP contribution is -2.25. The Morgan fingerprint density at radius 3 is 1.38 bits per heavy atom. The Hall–Kier alpha value is -6.67. The van der Waals surface area contributed by atoms with Crippen LogP contribution in [0, 0.1) is 11.6 Å². The van der Waals surface area contributed by atoms with Gasteiger partial charge in [-0.1, -0.05) is 72.8 Å². The second-order valence-corrected chi connectivity index (χ2v) is 12.8. The normalized spacial score (nSPS) is 11.2. The molecular formula is C44H34F2N4O2. The van der Waals surface area contributed by atoms with Crippen LogP contribution >= 0.6 is 0 Å². The zero-order valence-electron chi connectivity index (χ0n) is 28.5. The number of aromatic nitrogens is 2. The summed E-state index contributed by atoms with van der Waals surface area (Å²) < 4.78 is 29.6. The summed E-state index contributed by atoms with van der Waals surface area (Å²) >= 11 is 0. The number of hydrogen-bond donors (Lipinski definition) is 1. The largest absolute Gasteiger partial charge is 0.477 e. The Morgan fingerprint density at radius 2 is 0.962 bits per heavy atom. The topological polar surface area (TPSA) is 69.6 Å². The molecule has 256 valence electrons. The number of carboxylic acid groups (broad SMARTS) is 1. The number of carboxylic acids is 1. The number of benzene rings is 5. The molecule has 0 radical (unpaired) electrons. The molecule has 7 aromatic rings. The number of anilines is 6. The Labute approximate surface area is 300 Å². The van der Waals surface area contributed by atoms with Gasteiger partial charge in [0.1, 0.15) is 11.6 Å². The Balaban J connectivity index is 1.46. The molecule has 0 unspecified atom stereocenters. The molecule has 0 saturated carbocycles. The molecule has 5 aromatic carbocycles. The van der Waals surface area contributed by atoms with Crippen molar-refractivity contribution in [1.82, 2.24) is 9.97 Å². The summed E-state index contributed by atoms with van der Waals surface area (Å²) in [7, 11) is 0. The van der Waals surface area contributed by atoms with Crippen LogP contribution in [0.2, 0.25) is 0 Å². The number of hydrogen-bond acceptors (Lipinski definition) is 5. The van der Waals surface area contributed by atoms with Gasteiger partial charge in [0.2, 0.25) is 0 Å². The molecule has 6 nitrogen and oxygen atoms in total. The predicted molar refractivity (Wildman–Crippen MR) is 202 cm³/mol. The maximum Gasteiger partial charge on any atom is 0.354 e. The van der Waals surface area contributed by atoms with Crippen LogP contribution in [0.4, 0.5) is 42.9 Å². The van der Waals surface area contributed by atoms with E-state index in [1.54, 1.807) is 12.1 Å². The molecule has 0 bridgehead atoms. The average Bonchev–Trinajstić information content (AvgIpc) is 3.16. The van der Waals surface area contributed by atoms with Gasteiger partial charge < -0.3 is 14.9 Å². The van der Waals surface area contributed by atoms with Crippen molar-refractivity contribution in [2.75, 3.05) is 9.80 Å². The van der Waals surface area contributed by atoms with Crippen LogP contribution in [0.25, 0.3) is 11.3 Å². The van der Waals surface area contributed by atoms with Gasteiger partial charge in [0.05, 0.1) is 28.5 Å². The van der Waals surface area contributed by atoms with Crippen molar-refractivity contribution < 1.29 is 18.7 Å². The molecule has 2 heterocycles. The minimum atomic E-state index is -1.19. The van der Waals surface area contributed by atoms with Gasteiger partial charge in [-0.25, -0.2) is 18.6 Å². The third-order valence-electron chi connectivity index (χ3n) is 8.90. The summed E-state index contributed by atoms with van der Waals surface area (Å²) in [5.74, 6) is -2.64. The van der Waals surface area contributed by atoms with Crippen LogP contribution < -0.4 is 9.80 Å². The standard InChI is InChI=1S/C44H34F2N4O2/c1-44(2,42-29-36(27-40(48-42)43(51)52)50(33-19-11-5-12-20-33)34-21-13-6-14-22-34)41-28-35(26-39(47-41)37-24-23-30(45)25-38(37)46)49(31-15-7-3-8-16-31)32-17-9-4-10-18-32/h3-29H,1-2H3,(H,51,52). The Kier molecular flexibility index (Phi) is 9.29. The zero-order chi connectivity index (χ0) is 36.2. The first-order valence-corrected chi connectivity index (χ1v) is 16.7. The number of rotatable bonds is 10. The quantitative estimate of drug-likeness (QED) is 0.154. The first kappa shape index (κ1) is 33.8. The summed E-state index contributed by atoms with van der Waals surface area (Å²) in [6, 6.07) is 49.4.